The topological polar surface area (TPSA) is 90.0 Å². The summed E-state index contributed by atoms with van der Waals surface area (Å²) >= 11 is 2.99. The van der Waals surface area contributed by atoms with Crippen LogP contribution in [0.5, 0.6) is 0 Å². The van der Waals surface area contributed by atoms with Gasteiger partial charge in [0.1, 0.15) is 29.8 Å². The Balaban J connectivity index is 1.62. The number of benzene rings is 2. The van der Waals surface area contributed by atoms with Gasteiger partial charge in [0.25, 0.3) is 5.91 Å². The Morgan fingerprint density at radius 3 is 2.50 bits per heavy atom. The van der Waals surface area contributed by atoms with E-state index in [0.29, 0.717) is 9.80 Å². The van der Waals surface area contributed by atoms with E-state index in [1.807, 2.05) is 0 Å². The third-order valence-corrected chi connectivity index (χ3v) is 7.02. The summed E-state index contributed by atoms with van der Waals surface area (Å²) < 4.78 is 68.1. The molecule has 13 heteroatoms. The molecule has 1 spiro atoms. The van der Waals surface area contributed by atoms with Crippen LogP contribution >= 0.6 is 15.9 Å². The quantitative estimate of drug-likeness (QED) is 0.418. The van der Waals surface area contributed by atoms with Crippen LogP contribution in [0.4, 0.5) is 26.7 Å². The lowest BCUT2D eigenvalue weighted by molar-refractivity contribution is -0.187. The highest BCUT2D eigenvalue weighted by molar-refractivity contribution is 9.10. The number of carbonyl (C=O) groups is 3. The highest BCUT2D eigenvalue weighted by Crippen LogP contribution is 2.48. The van der Waals surface area contributed by atoms with Crippen LogP contribution < -0.4 is 5.32 Å². The fraction of sp³-hybridized carbons (Fsp3) is 0.348. The summed E-state index contributed by atoms with van der Waals surface area (Å²) in [7, 11) is 0. The molecule has 192 valence electrons. The van der Waals surface area contributed by atoms with E-state index in [9.17, 15) is 41.4 Å². The Morgan fingerprint density at radius 2 is 1.89 bits per heavy atom. The van der Waals surface area contributed by atoms with Gasteiger partial charge in [-0.25, -0.2) is 13.6 Å². The van der Waals surface area contributed by atoms with Crippen LogP contribution in [-0.4, -0.2) is 51.5 Å². The molecule has 1 saturated heterocycles. The highest BCUT2D eigenvalue weighted by atomic mass is 79.9. The van der Waals surface area contributed by atoms with E-state index in [1.54, 1.807) is 0 Å². The minimum atomic E-state index is -4.83. The average molecular weight is 576 g/mol. The molecular formula is C23H19BrF5N3O4. The zero-order valence-corrected chi connectivity index (χ0v) is 20.2. The van der Waals surface area contributed by atoms with Gasteiger partial charge in [-0.3, -0.25) is 14.5 Å². The lowest BCUT2D eigenvalue weighted by atomic mass is 9.91. The first-order chi connectivity index (χ1) is 16.7. The molecule has 2 aromatic carbocycles. The van der Waals surface area contributed by atoms with Gasteiger partial charge in [-0.05, 0) is 63.8 Å². The van der Waals surface area contributed by atoms with Gasteiger partial charge in [0.2, 0.25) is 5.91 Å². The molecule has 0 radical (unpaired) electrons. The SMILES string of the molecule is C[C@H](N(Cc1ccc(F)cc1)C(=O)CN1C(=O)NC2(CC(O)c3cc(Br)c(F)cc32)C1=O)C(F)(F)F. The minimum Gasteiger partial charge on any atom is -0.388 e. The van der Waals surface area contributed by atoms with Crippen molar-refractivity contribution in [3.63, 3.8) is 0 Å². The summed E-state index contributed by atoms with van der Waals surface area (Å²) in [6.07, 6.45) is -6.41. The third-order valence-electron chi connectivity index (χ3n) is 6.41. The smallest absolute Gasteiger partial charge is 0.388 e. The number of alkyl halides is 3. The van der Waals surface area contributed by atoms with Gasteiger partial charge in [-0.15, -0.1) is 0 Å². The molecule has 1 aliphatic heterocycles. The number of carbonyl (C=O) groups excluding carboxylic acids is 3. The molecule has 3 atom stereocenters. The lowest BCUT2D eigenvalue weighted by Gasteiger charge is -2.32. The highest BCUT2D eigenvalue weighted by Gasteiger charge is 2.58. The number of imide groups is 1. The summed E-state index contributed by atoms with van der Waals surface area (Å²) in [6, 6.07) is 3.37. The number of urea groups is 1. The van der Waals surface area contributed by atoms with E-state index in [4.69, 9.17) is 0 Å². The van der Waals surface area contributed by atoms with Gasteiger partial charge < -0.3 is 15.3 Å². The third kappa shape index (κ3) is 4.45. The number of rotatable bonds is 5. The van der Waals surface area contributed by atoms with Crippen molar-refractivity contribution in [3.8, 4) is 0 Å². The first kappa shape index (κ1) is 26.0. The fourth-order valence-corrected chi connectivity index (χ4v) is 4.80. The van der Waals surface area contributed by atoms with Gasteiger partial charge >= 0.3 is 12.2 Å². The first-order valence-electron chi connectivity index (χ1n) is 10.7. The minimum absolute atomic E-state index is 0.00386. The fourth-order valence-electron chi connectivity index (χ4n) is 4.44. The summed E-state index contributed by atoms with van der Waals surface area (Å²) in [5, 5.41) is 12.8. The summed E-state index contributed by atoms with van der Waals surface area (Å²) in [4.78, 5) is 39.9. The molecule has 7 nitrogen and oxygen atoms in total. The van der Waals surface area contributed by atoms with E-state index >= 15 is 0 Å². The maximum Gasteiger partial charge on any atom is 0.408 e. The van der Waals surface area contributed by atoms with Crippen molar-refractivity contribution in [2.24, 2.45) is 0 Å². The second kappa shape index (κ2) is 9.11. The Morgan fingerprint density at radius 1 is 1.25 bits per heavy atom. The van der Waals surface area contributed by atoms with E-state index in [-0.39, 0.29) is 27.6 Å². The molecule has 0 saturated carbocycles. The van der Waals surface area contributed by atoms with Crippen molar-refractivity contribution in [2.45, 2.75) is 43.8 Å². The summed E-state index contributed by atoms with van der Waals surface area (Å²) in [5.74, 6) is -3.57. The molecule has 2 aromatic rings. The number of halogens is 6. The summed E-state index contributed by atoms with van der Waals surface area (Å²) in [6.45, 7) is -0.840. The van der Waals surface area contributed by atoms with Crippen LogP contribution in [-0.2, 0) is 21.7 Å². The number of fused-ring (bicyclic) bond motifs is 2. The van der Waals surface area contributed by atoms with Crippen LogP contribution in [0, 0.1) is 11.6 Å². The predicted molar refractivity (Wildman–Crippen MR) is 118 cm³/mol. The molecular weight excluding hydrogens is 557 g/mol. The first-order valence-corrected chi connectivity index (χ1v) is 11.5. The van der Waals surface area contributed by atoms with E-state index in [0.717, 1.165) is 25.1 Å². The Kier molecular flexibility index (Phi) is 6.58. The number of nitrogens with one attached hydrogen (secondary N) is 1. The molecule has 2 N–H and O–H groups in total. The van der Waals surface area contributed by atoms with Crippen LogP contribution in [0.15, 0.2) is 40.9 Å². The lowest BCUT2D eigenvalue weighted by Crippen LogP contribution is -2.51. The van der Waals surface area contributed by atoms with Crippen molar-refractivity contribution in [1.82, 2.24) is 15.1 Å². The maximum absolute atomic E-state index is 14.3. The number of amides is 4. The van der Waals surface area contributed by atoms with Gasteiger partial charge in [-0.1, -0.05) is 12.1 Å². The number of aliphatic hydroxyl groups is 1. The predicted octanol–water partition coefficient (Wildman–Crippen LogP) is 3.89. The average Bonchev–Trinajstić information content (AvgIpc) is 3.19. The van der Waals surface area contributed by atoms with Gasteiger partial charge in [0, 0.05) is 13.0 Å². The zero-order chi connectivity index (χ0) is 26.6. The number of hydrogen-bond donors (Lipinski definition) is 2. The molecule has 2 aliphatic rings. The van der Waals surface area contributed by atoms with Crippen molar-refractivity contribution in [3.05, 3.63) is 69.2 Å². The van der Waals surface area contributed by atoms with Gasteiger partial charge in [-0.2, -0.15) is 13.2 Å². The molecule has 4 rings (SSSR count). The van der Waals surface area contributed by atoms with Crippen molar-refractivity contribution in [2.75, 3.05) is 6.54 Å². The Hall–Kier alpha value is -3.06. The normalized spacial score (nSPS) is 22.1. The zero-order valence-electron chi connectivity index (χ0n) is 18.6. The Bertz CT molecular complexity index is 1240. The van der Waals surface area contributed by atoms with E-state index < -0.39 is 66.4 Å². The van der Waals surface area contributed by atoms with Crippen molar-refractivity contribution in [1.29, 1.82) is 0 Å². The molecule has 1 aliphatic carbocycles. The number of hydrogen-bond acceptors (Lipinski definition) is 4. The van der Waals surface area contributed by atoms with Crippen LogP contribution in [0.1, 0.15) is 36.1 Å². The second-order valence-corrected chi connectivity index (χ2v) is 9.52. The molecule has 0 bridgehead atoms. The second-order valence-electron chi connectivity index (χ2n) is 8.67. The summed E-state index contributed by atoms with van der Waals surface area (Å²) in [5.41, 5.74) is -1.49. The molecule has 36 heavy (non-hydrogen) atoms. The molecule has 2 unspecified atom stereocenters. The van der Waals surface area contributed by atoms with Crippen molar-refractivity contribution < 1.29 is 41.4 Å². The molecule has 4 amide bonds. The molecule has 1 heterocycles. The van der Waals surface area contributed by atoms with Crippen LogP contribution in [0.25, 0.3) is 0 Å². The van der Waals surface area contributed by atoms with Crippen LogP contribution in [0.3, 0.4) is 0 Å². The Labute approximate surface area is 210 Å². The van der Waals surface area contributed by atoms with Gasteiger partial charge in [0.15, 0.2) is 0 Å². The largest absolute Gasteiger partial charge is 0.408 e. The standard InChI is InChI=1S/C23H19BrF5N3O4/c1-11(23(27,28)29)31(9-12-2-4-13(25)5-3-12)19(34)10-32-20(35)22(30-21(32)36)8-18(33)14-6-16(24)17(26)7-15(14)22/h2-7,11,18,33H,8-10H2,1H3,(H,30,36)/t11-,18?,22?/m0/s1. The van der Waals surface area contributed by atoms with Crippen LogP contribution in [0.2, 0.25) is 0 Å². The number of aliphatic hydroxyl groups excluding tert-OH is 1. The van der Waals surface area contributed by atoms with E-state index in [1.165, 1.54) is 18.2 Å². The monoisotopic (exact) mass is 575 g/mol. The molecule has 1 fully saturated rings. The number of nitrogens with zero attached hydrogens (tertiary/aromatic N) is 2. The van der Waals surface area contributed by atoms with Crippen molar-refractivity contribution >= 4 is 33.8 Å². The van der Waals surface area contributed by atoms with E-state index in [2.05, 4.69) is 21.2 Å². The van der Waals surface area contributed by atoms with Gasteiger partial charge in [0.05, 0.1) is 10.6 Å². The molecule has 0 aromatic heterocycles. The maximum atomic E-state index is 14.3.